The predicted octanol–water partition coefficient (Wildman–Crippen LogP) is 0.0807. The Bertz CT molecular complexity index is 99.5. The maximum atomic E-state index is 9.70. The van der Waals surface area contributed by atoms with E-state index in [1.54, 1.807) is 6.08 Å². The van der Waals surface area contributed by atoms with Crippen molar-refractivity contribution in [3.63, 3.8) is 0 Å². The molecular weight excluding hydrogens is 148 g/mol. The number of rotatable bonds is 3. The zero-order valence-corrected chi connectivity index (χ0v) is 5.77. The number of hydrogen-bond acceptors (Lipinski definition) is 3. The molecule has 0 saturated carbocycles. The quantitative estimate of drug-likeness (QED) is 0.542. The molecule has 48 valence electrons. The molecule has 0 saturated heterocycles. The third kappa shape index (κ3) is 5.83. The van der Waals surface area contributed by atoms with Gasteiger partial charge in [0.05, 0.1) is 0 Å². The van der Waals surface area contributed by atoms with Crippen LogP contribution in [0.2, 0.25) is 0 Å². The summed E-state index contributed by atoms with van der Waals surface area (Å²) in [7, 11) is 0. The van der Waals surface area contributed by atoms with Gasteiger partial charge in [-0.25, -0.2) is 0 Å². The van der Waals surface area contributed by atoms with Crippen LogP contribution in [0.1, 0.15) is 13.3 Å². The molecule has 0 atom stereocenters. The zero-order valence-electron chi connectivity index (χ0n) is 4.49. The fourth-order valence-corrected chi connectivity index (χ4v) is 0.445. The first-order valence-electron chi connectivity index (χ1n) is 2.18. The Hall–Kier alpha value is -0.168. The SMILES string of the molecule is CCC=C[O][Cr](=[O])[O-]. The molecule has 0 aliphatic carbocycles. The summed E-state index contributed by atoms with van der Waals surface area (Å²) in [6, 6.07) is 0. The van der Waals surface area contributed by atoms with E-state index in [0.717, 1.165) is 6.42 Å². The third-order valence-electron chi connectivity index (χ3n) is 0.466. The van der Waals surface area contributed by atoms with E-state index in [-0.39, 0.29) is 0 Å². The van der Waals surface area contributed by atoms with Crippen molar-refractivity contribution in [1.29, 1.82) is 0 Å². The Balaban J connectivity index is 3.16. The van der Waals surface area contributed by atoms with Crippen LogP contribution in [0.15, 0.2) is 12.3 Å². The van der Waals surface area contributed by atoms with Crippen LogP contribution in [0.5, 0.6) is 0 Å². The Labute approximate surface area is 52.9 Å². The average Bonchev–Trinajstić information content (AvgIpc) is 1.66. The maximum absolute atomic E-state index is 9.70. The summed E-state index contributed by atoms with van der Waals surface area (Å²) in [6.07, 6.45) is 3.61. The summed E-state index contributed by atoms with van der Waals surface area (Å²) < 4.78 is 23.5. The molecule has 0 aromatic heterocycles. The zero-order chi connectivity index (χ0) is 6.41. The molecule has 0 rings (SSSR count). The van der Waals surface area contributed by atoms with Crippen molar-refractivity contribution in [1.82, 2.24) is 0 Å². The summed E-state index contributed by atoms with van der Waals surface area (Å²) in [4.78, 5) is 0. The van der Waals surface area contributed by atoms with E-state index in [0.29, 0.717) is 0 Å². The fraction of sp³-hybridized carbons (Fsp3) is 0.500. The molecule has 3 nitrogen and oxygen atoms in total. The second-order valence-corrected chi connectivity index (χ2v) is 2.02. The summed E-state index contributed by atoms with van der Waals surface area (Å²) in [5.74, 6) is 0. The van der Waals surface area contributed by atoms with E-state index >= 15 is 0 Å². The molecule has 0 fully saturated rings. The normalized spacial score (nSPS) is 10.9. The van der Waals surface area contributed by atoms with Crippen molar-refractivity contribution in [3.8, 4) is 0 Å². The van der Waals surface area contributed by atoms with Crippen molar-refractivity contribution in [2.45, 2.75) is 13.3 Å². The molecule has 0 unspecified atom stereocenters. The number of allylic oxidation sites excluding steroid dienone is 1. The Morgan fingerprint density at radius 1 is 1.88 bits per heavy atom. The van der Waals surface area contributed by atoms with Crippen LogP contribution in [-0.2, 0) is 22.3 Å². The average molecular weight is 155 g/mol. The Morgan fingerprint density at radius 3 is 2.88 bits per heavy atom. The van der Waals surface area contributed by atoms with Crippen LogP contribution in [0.3, 0.4) is 0 Å². The molecule has 0 aliphatic rings. The van der Waals surface area contributed by atoms with Gasteiger partial charge in [0.25, 0.3) is 0 Å². The van der Waals surface area contributed by atoms with Gasteiger partial charge in [-0.3, -0.25) is 0 Å². The molecule has 0 aromatic rings. The summed E-state index contributed by atoms with van der Waals surface area (Å²) >= 11 is -3.18. The van der Waals surface area contributed by atoms with E-state index in [9.17, 15) is 7.96 Å². The van der Waals surface area contributed by atoms with Crippen LogP contribution in [0.4, 0.5) is 0 Å². The van der Waals surface area contributed by atoms with Gasteiger partial charge in [-0.1, -0.05) is 0 Å². The van der Waals surface area contributed by atoms with Gasteiger partial charge in [0, 0.05) is 0 Å². The molecule has 0 heterocycles. The van der Waals surface area contributed by atoms with E-state index in [1.807, 2.05) is 6.92 Å². The molecule has 0 bridgehead atoms. The second kappa shape index (κ2) is 4.98. The fourth-order valence-electron chi connectivity index (χ4n) is 0.181. The van der Waals surface area contributed by atoms with Gasteiger partial charge in [0.15, 0.2) is 0 Å². The first-order valence-corrected chi connectivity index (χ1v) is 3.75. The monoisotopic (exact) mass is 155 g/mol. The molecule has 0 radical (unpaired) electrons. The van der Waals surface area contributed by atoms with E-state index in [4.69, 9.17) is 0 Å². The predicted molar refractivity (Wildman–Crippen MR) is 21.2 cm³/mol. The van der Waals surface area contributed by atoms with Crippen LogP contribution < -0.4 is 4.16 Å². The van der Waals surface area contributed by atoms with Gasteiger partial charge in [-0.2, -0.15) is 0 Å². The Morgan fingerprint density at radius 2 is 2.50 bits per heavy atom. The van der Waals surface area contributed by atoms with E-state index < -0.39 is 14.8 Å². The van der Waals surface area contributed by atoms with Crippen molar-refractivity contribution < 1.29 is 26.5 Å². The molecular formula is C4H7CrO3-. The van der Waals surface area contributed by atoms with Crippen LogP contribution in [-0.4, -0.2) is 0 Å². The van der Waals surface area contributed by atoms with Crippen molar-refractivity contribution in [2.24, 2.45) is 0 Å². The first-order chi connectivity index (χ1) is 3.77. The summed E-state index contributed by atoms with van der Waals surface area (Å²) in [6.45, 7) is 1.89. The first kappa shape index (κ1) is 7.83. The standard InChI is InChI=1S/C4H8O.Cr.2O/c1-2-3-4-5;;;/h3-5H,2H2,1H3;;;/q;+1;;-1/p-1. The molecule has 4 heteroatoms. The topological polar surface area (TPSA) is 49.4 Å². The minimum atomic E-state index is -3.18. The Kier molecular flexibility index (Phi) is 4.87. The van der Waals surface area contributed by atoms with Gasteiger partial charge in [0.1, 0.15) is 0 Å². The van der Waals surface area contributed by atoms with Crippen molar-refractivity contribution >= 4 is 0 Å². The molecule has 0 aliphatic heterocycles. The van der Waals surface area contributed by atoms with Gasteiger partial charge >= 0.3 is 52.2 Å². The van der Waals surface area contributed by atoms with Gasteiger partial charge in [-0.15, -0.1) is 0 Å². The number of hydrogen-bond donors (Lipinski definition) is 0. The molecule has 0 amide bonds. The van der Waals surface area contributed by atoms with Crippen LogP contribution >= 0.6 is 0 Å². The van der Waals surface area contributed by atoms with Gasteiger partial charge < -0.3 is 0 Å². The van der Waals surface area contributed by atoms with Crippen molar-refractivity contribution in [2.75, 3.05) is 0 Å². The van der Waals surface area contributed by atoms with Gasteiger partial charge in [0.2, 0.25) is 0 Å². The third-order valence-corrected chi connectivity index (χ3v) is 0.885. The minimum absolute atomic E-state index is 0.791. The molecule has 0 N–H and O–H groups in total. The second-order valence-electron chi connectivity index (χ2n) is 1.08. The molecule has 0 spiro atoms. The summed E-state index contributed by atoms with van der Waals surface area (Å²) in [5.41, 5.74) is 0. The van der Waals surface area contributed by atoms with Gasteiger partial charge in [-0.05, 0) is 0 Å². The van der Waals surface area contributed by atoms with E-state index in [1.165, 1.54) is 6.26 Å². The summed E-state index contributed by atoms with van der Waals surface area (Å²) in [5, 5.41) is 0. The van der Waals surface area contributed by atoms with Crippen molar-refractivity contribution in [3.05, 3.63) is 12.3 Å². The van der Waals surface area contributed by atoms with E-state index in [2.05, 4.69) is 3.79 Å². The molecule has 0 aromatic carbocycles. The van der Waals surface area contributed by atoms with Crippen LogP contribution in [0, 0.1) is 0 Å². The molecule has 8 heavy (non-hydrogen) atoms. The van der Waals surface area contributed by atoms with Crippen LogP contribution in [0.25, 0.3) is 0 Å².